The molecule has 0 aliphatic carbocycles. The van der Waals surface area contributed by atoms with Crippen LogP contribution in [-0.4, -0.2) is 17.7 Å². The van der Waals surface area contributed by atoms with Gasteiger partial charge in [-0.2, -0.15) is 8.78 Å². The Bertz CT molecular complexity index is 424. The maximum atomic E-state index is 12.7. The number of halogens is 5. The highest BCUT2D eigenvalue weighted by Crippen LogP contribution is 2.28. The number of hydrogen-bond acceptors (Lipinski definition) is 2. The first-order chi connectivity index (χ1) is 8.43. The highest BCUT2D eigenvalue weighted by molar-refractivity contribution is 9.09. The lowest BCUT2D eigenvalue weighted by Crippen LogP contribution is -2.08. The van der Waals surface area contributed by atoms with Crippen LogP contribution in [0, 0.1) is 0 Å². The van der Waals surface area contributed by atoms with E-state index in [2.05, 4.69) is 20.7 Å². The third kappa shape index (κ3) is 4.29. The summed E-state index contributed by atoms with van der Waals surface area (Å²) >= 11 is 2.92. The van der Waals surface area contributed by atoms with E-state index in [1.807, 2.05) is 0 Å². The summed E-state index contributed by atoms with van der Waals surface area (Å²) in [6.07, 6.45) is -3.04. The summed E-state index contributed by atoms with van der Waals surface area (Å²) in [4.78, 5) is 11.2. The van der Waals surface area contributed by atoms with Gasteiger partial charge in [-0.1, -0.05) is 22.0 Å². The van der Waals surface area contributed by atoms with Gasteiger partial charge in [0.2, 0.25) is 0 Å². The van der Waals surface area contributed by atoms with E-state index in [1.165, 1.54) is 6.07 Å². The molecular formula is C11H9BrF4O2. The third-order valence-corrected chi connectivity index (χ3v) is 2.74. The van der Waals surface area contributed by atoms with Crippen LogP contribution in [0.1, 0.15) is 17.6 Å². The number of Topliss-reactive ketones (excluding diaryl/α,β-unsaturated/α-hetero) is 1. The summed E-state index contributed by atoms with van der Waals surface area (Å²) in [6.45, 7) is -3.08. The Morgan fingerprint density at radius 1 is 1.28 bits per heavy atom. The summed E-state index contributed by atoms with van der Waals surface area (Å²) in [5.74, 6) is -0.630. The number of carbonyl (C=O) groups is 1. The van der Waals surface area contributed by atoms with Crippen LogP contribution in [-0.2, 0) is 11.2 Å². The Kier molecular flexibility index (Phi) is 5.58. The minimum Gasteiger partial charge on any atom is -0.435 e. The molecule has 18 heavy (non-hydrogen) atoms. The Morgan fingerprint density at radius 3 is 2.44 bits per heavy atom. The van der Waals surface area contributed by atoms with Crippen LogP contribution in [0.4, 0.5) is 17.6 Å². The summed E-state index contributed by atoms with van der Waals surface area (Å²) < 4.78 is 53.4. The second-order valence-corrected chi connectivity index (χ2v) is 3.95. The molecule has 0 fully saturated rings. The van der Waals surface area contributed by atoms with Crippen molar-refractivity contribution in [2.75, 3.05) is 5.33 Å². The van der Waals surface area contributed by atoms with Crippen LogP contribution in [0.3, 0.4) is 0 Å². The van der Waals surface area contributed by atoms with Crippen LogP contribution < -0.4 is 4.74 Å². The van der Waals surface area contributed by atoms with Crippen molar-refractivity contribution in [2.45, 2.75) is 19.5 Å². The monoisotopic (exact) mass is 328 g/mol. The molecule has 1 aromatic rings. The topological polar surface area (TPSA) is 26.3 Å². The van der Waals surface area contributed by atoms with Crippen molar-refractivity contribution < 1.29 is 27.1 Å². The van der Waals surface area contributed by atoms with E-state index in [9.17, 15) is 22.4 Å². The minimum absolute atomic E-state index is 0.0466. The molecule has 0 amide bonds. The first-order valence-corrected chi connectivity index (χ1v) is 5.99. The first kappa shape index (κ1) is 14.9. The van der Waals surface area contributed by atoms with Crippen LogP contribution in [0.5, 0.6) is 5.75 Å². The number of benzene rings is 1. The lowest BCUT2D eigenvalue weighted by atomic mass is 10.0. The summed E-state index contributed by atoms with van der Waals surface area (Å²) in [5.41, 5.74) is -0.362. The van der Waals surface area contributed by atoms with Gasteiger partial charge in [-0.05, 0) is 17.7 Å². The molecule has 0 N–H and O–H groups in total. The van der Waals surface area contributed by atoms with Crippen LogP contribution in [0.25, 0.3) is 0 Å². The highest BCUT2D eigenvalue weighted by Gasteiger charge is 2.17. The number of hydrogen-bond donors (Lipinski definition) is 0. The molecule has 0 bridgehead atoms. The van der Waals surface area contributed by atoms with E-state index in [0.29, 0.717) is 0 Å². The second-order valence-electron chi connectivity index (χ2n) is 3.39. The van der Waals surface area contributed by atoms with Gasteiger partial charge in [-0.15, -0.1) is 0 Å². The normalized spacial score (nSPS) is 11.1. The SMILES string of the molecule is O=C(CBr)Cc1ccc(OC(F)F)cc1C(F)F. The summed E-state index contributed by atoms with van der Waals surface area (Å²) in [7, 11) is 0. The van der Waals surface area contributed by atoms with Crippen LogP contribution in [0.15, 0.2) is 18.2 Å². The Labute approximate surface area is 109 Å². The smallest absolute Gasteiger partial charge is 0.387 e. The van der Waals surface area contributed by atoms with Crippen molar-refractivity contribution in [2.24, 2.45) is 0 Å². The van der Waals surface area contributed by atoms with Gasteiger partial charge in [-0.3, -0.25) is 4.79 Å². The second kappa shape index (κ2) is 6.72. The molecule has 1 rings (SSSR count). The van der Waals surface area contributed by atoms with Gasteiger partial charge in [0.25, 0.3) is 6.43 Å². The van der Waals surface area contributed by atoms with E-state index in [0.717, 1.165) is 12.1 Å². The van der Waals surface area contributed by atoms with Crippen molar-refractivity contribution in [3.05, 3.63) is 29.3 Å². The zero-order valence-corrected chi connectivity index (χ0v) is 10.6. The average molecular weight is 329 g/mol. The van der Waals surface area contributed by atoms with E-state index in [-0.39, 0.29) is 28.8 Å². The molecule has 7 heteroatoms. The van der Waals surface area contributed by atoms with Crippen LogP contribution >= 0.6 is 15.9 Å². The Morgan fingerprint density at radius 2 is 1.94 bits per heavy atom. The predicted molar refractivity (Wildman–Crippen MR) is 60.5 cm³/mol. The van der Waals surface area contributed by atoms with Crippen molar-refractivity contribution in [3.8, 4) is 5.75 Å². The molecule has 0 aliphatic heterocycles. The van der Waals surface area contributed by atoms with Gasteiger partial charge >= 0.3 is 6.61 Å². The summed E-state index contributed by atoms with van der Waals surface area (Å²) in [6, 6.07) is 3.16. The fraction of sp³-hybridized carbons (Fsp3) is 0.364. The van der Waals surface area contributed by atoms with Crippen molar-refractivity contribution in [1.82, 2.24) is 0 Å². The van der Waals surface area contributed by atoms with Gasteiger partial charge in [0.05, 0.1) is 5.33 Å². The number of carbonyl (C=O) groups excluding carboxylic acids is 1. The molecule has 0 radical (unpaired) electrons. The van der Waals surface area contributed by atoms with Gasteiger partial charge in [-0.25, -0.2) is 8.78 Å². The lowest BCUT2D eigenvalue weighted by Gasteiger charge is -2.11. The van der Waals surface area contributed by atoms with E-state index < -0.39 is 18.6 Å². The zero-order valence-electron chi connectivity index (χ0n) is 9.01. The van der Waals surface area contributed by atoms with E-state index >= 15 is 0 Å². The zero-order chi connectivity index (χ0) is 13.7. The molecule has 100 valence electrons. The number of ether oxygens (including phenoxy) is 1. The number of ketones is 1. The molecule has 1 aromatic carbocycles. The molecule has 0 atom stereocenters. The first-order valence-electron chi connectivity index (χ1n) is 4.87. The fourth-order valence-electron chi connectivity index (χ4n) is 1.37. The molecule has 0 heterocycles. The van der Waals surface area contributed by atoms with Gasteiger partial charge < -0.3 is 4.74 Å². The highest BCUT2D eigenvalue weighted by atomic mass is 79.9. The third-order valence-electron chi connectivity index (χ3n) is 2.11. The van der Waals surface area contributed by atoms with Crippen molar-refractivity contribution in [1.29, 1.82) is 0 Å². The molecule has 0 aliphatic rings. The fourth-order valence-corrected chi connectivity index (χ4v) is 1.57. The molecule has 0 spiro atoms. The summed E-state index contributed by atoms with van der Waals surface area (Å²) in [5, 5.41) is 0.0466. The number of rotatable bonds is 6. The van der Waals surface area contributed by atoms with E-state index in [1.54, 1.807) is 0 Å². The lowest BCUT2D eigenvalue weighted by molar-refractivity contribution is -0.115. The van der Waals surface area contributed by atoms with Crippen LogP contribution in [0.2, 0.25) is 0 Å². The Balaban J connectivity index is 3.00. The quantitative estimate of drug-likeness (QED) is 0.587. The maximum Gasteiger partial charge on any atom is 0.387 e. The van der Waals surface area contributed by atoms with Gasteiger partial charge in [0.15, 0.2) is 0 Å². The molecule has 0 unspecified atom stereocenters. The largest absolute Gasteiger partial charge is 0.435 e. The molecule has 0 saturated carbocycles. The average Bonchev–Trinajstić information content (AvgIpc) is 2.29. The number of alkyl halides is 5. The minimum atomic E-state index is -3.08. The molecule has 0 aromatic heterocycles. The van der Waals surface area contributed by atoms with Crippen molar-refractivity contribution >= 4 is 21.7 Å². The molecule has 0 saturated heterocycles. The van der Waals surface area contributed by atoms with E-state index in [4.69, 9.17) is 0 Å². The van der Waals surface area contributed by atoms with Gasteiger partial charge in [0.1, 0.15) is 11.5 Å². The van der Waals surface area contributed by atoms with Gasteiger partial charge in [0, 0.05) is 12.0 Å². The molecular weight excluding hydrogens is 320 g/mol. The predicted octanol–water partition coefficient (Wildman–Crippen LogP) is 3.73. The molecule has 2 nitrogen and oxygen atoms in total. The van der Waals surface area contributed by atoms with Crippen molar-refractivity contribution in [3.63, 3.8) is 0 Å². The standard InChI is InChI=1S/C11H9BrF4O2/c12-5-7(17)3-6-1-2-8(18-11(15)16)4-9(6)10(13)14/h1-2,4,10-11H,3,5H2. The maximum absolute atomic E-state index is 12.7. The Hall–Kier alpha value is -1.11.